The van der Waals surface area contributed by atoms with Crippen LogP contribution in [0, 0.1) is 6.92 Å². The molecule has 0 aliphatic carbocycles. The summed E-state index contributed by atoms with van der Waals surface area (Å²) in [5.41, 5.74) is 1.27. The molecule has 0 N–H and O–H groups in total. The Morgan fingerprint density at radius 1 is 1.32 bits per heavy atom. The van der Waals surface area contributed by atoms with Gasteiger partial charge in [-0.25, -0.2) is 0 Å². The van der Waals surface area contributed by atoms with Crippen LogP contribution < -0.4 is 0 Å². The lowest BCUT2D eigenvalue weighted by Crippen LogP contribution is -2.39. The van der Waals surface area contributed by atoms with Crippen LogP contribution in [0.4, 0.5) is 0 Å². The molecule has 0 bridgehead atoms. The number of likely N-dealkylation sites (tertiary alicyclic amines) is 1. The second-order valence-corrected chi connectivity index (χ2v) is 6.92. The Morgan fingerprint density at radius 3 is 2.68 bits per heavy atom. The molecule has 1 fully saturated rings. The third-order valence-corrected chi connectivity index (χ3v) is 4.95. The molecule has 5 heteroatoms. The predicted molar refractivity (Wildman–Crippen MR) is 90.0 cm³/mol. The van der Waals surface area contributed by atoms with Gasteiger partial charge in [0.15, 0.2) is 0 Å². The van der Waals surface area contributed by atoms with Crippen molar-refractivity contribution in [3.63, 3.8) is 0 Å². The smallest absolute Gasteiger partial charge is 0.241 e. The second kappa shape index (κ2) is 8.22. The SMILES string of the molecule is Cc1ccc(SCCCN(C)C(=O)CN2CCCC2=O)cc1. The van der Waals surface area contributed by atoms with Crippen molar-refractivity contribution in [1.29, 1.82) is 0 Å². The molecule has 0 radical (unpaired) electrons. The van der Waals surface area contributed by atoms with Gasteiger partial charge in [0.25, 0.3) is 0 Å². The lowest BCUT2D eigenvalue weighted by molar-refractivity contribution is -0.137. The third kappa shape index (κ3) is 5.05. The molecule has 2 rings (SSSR count). The molecule has 0 saturated carbocycles. The predicted octanol–water partition coefficient (Wildman–Crippen LogP) is 2.56. The fourth-order valence-corrected chi connectivity index (χ4v) is 3.24. The van der Waals surface area contributed by atoms with E-state index in [1.165, 1.54) is 10.5 Å². The highest BCUT2D eigenvalue weighted by atomic mass is 32.2. The Hall–Kier alpha value is -1.49. The van der Waals surface area contributed by atoms with Crippen molar-refractivity contribution in [2.75, 3.05) is 32.4 Å². The lowest BCUT2D eigenvalue weighted by atomic mass is 10.2. The number of hydrogen-bond acceptors (Lipinski definition) is 3. The van der Waals surface area contributed by atoms with Gasteiger partial charge in [-0.05, 0) is 37.7 Å². The van der Waals surface area contributed by atoms with Crippen LogP contribution in [0.5, 0.6) is 0 Å². The number of benzene rings is 1. The molecule has 1 saturated heterocycles. The minimum absolute atomic E-state index is 0.0376. The Morgan fingerprint density at radius 2 is 2.05 bits per heavy atom. The summed E-state index contributed by atoms with van der Waals surface area (Å²) in [6.07, 6.45) is 2.42. The van der Waals surface area contributed by atoms with Crippen LogP contribution in [-0.2, 0) is 9.59 Å². The molecule has 2 amide bonds. The maximum atomic E-state index is 12.1. The van der Waals surface area contributed by atoms with Gasteiger partial charge in [-0.15, -0.1) is 11.8 Å². The number of rotatable bonds is 7. The van der Waals surface area contributed by atoms with E-state index in [9.17, 15) is 9.59 Å². The Labute approximate surface area is 136 Å². The highest BCUT2D eigenvalue weighted by Gasteiger charge is 2.23. The van der Waals surface area contributed by atoms with Crippen LogP contribution in [0.25, 0.3) is 0 Å². The molecule has 1 aliphatic heterocycles. The molecular formula is C17H24N2O2S. The average molecular weight is 320 g/mol. The van der Waals surface area contributed by atoms with Gasteiger partial charge in [-0.2, -0.15) is 0 Å². The normalized spacial score (nSPS) is 14.5. The van der Waals surface area contributed by atoms with Crippen molar-refractivity contribution in [3.8, 4) is 0 Å². The highest BCUT2D eigenvalue weighted by Crippen LogP contribution is 2.19. The molecule has 0 spiro atoms. The molecule has 1 heterocycles. The summed E-state index contributed by atoms with van der Waals surface area (Å²) in [6.45, 7) is 3.78. The van der Waals surface area contributed by atoms with Crippen LogP contribution >= 0.6 is 11.8 Å². The summed E-state index contributed by atoms with van der Waals surface area (Å²) in [4.78, 5) is 28.3. The monoisotopic (exact) mass is 320 g/mol. The van der Waals surface area contributed by atoms with Crippen molar-refractivity contribution < 1.29 is 9.59 Å². The van der Waals surface area contributed by atoms with Gasteiger partial charge in [-0.1, -0.05) is 17.7 Å². The summed E-state index contributed by atoms with van der Waals surface area (Å²) in [5, 5.41) is 0. The van der Waals surface area contributed by atoms with Gasteiger partial charge in [-0.3, -0.25) is 9.59 Å². The van der Waals surface area contributed by atoms with E-state index in [-0.39, 0.29) is 18.4 Å². The number of amides is 2. The number of likely N-dealkylation sites (N-methyl/N-ethyl adjacent to an activating group) is 1. The van der Waals surface area contributed by atoms with E-state index in [0.717, 1.165) is 31.7 Å². The summed E-state index contributed by atoms with van der Waals surface area (Å²) in [5.74, 6) is 1.14. The van der Waals surface area contributed by atoms with Crippen molar-refractivity contribution in [2.45, 2.75) is 31.1 Å². The maximum Gasteiger partial charge on any atom is 0.241 e. The lowest BCUT2D eigenvalue weighted by Gasteiger charge is -2.21. The fraction of sp³-hybridized carbons (Fsp3) is 0.529. The number of nitrogens with zero attached hydrogens (tertiary/aromatic N) is 2. The zero-order valence-corrected chi connectivity index (χ0v) is 14.2. The number of carbonyl (C=O) groups excluding carboxylic acids is 2. The van der Waals surface area contributed by atoms with Crippen molar-refractivity contribution >= 4 is 23.6 Å². The van der Waals surface area contributed by atoms with E-state index in [4.69, 9.17) is 0 Å². The first kappa shape index (κ1) is 16.9. The number of hydrogen-bond donors (Lipinski definition) is 0. The van der Waals surface area contributed by atoms with E-state index < -0.39 is 0 Å². The molecule has 1 aromatic carbocycles. The van der Waals surface area contributed by atoms with Gasteiger partial charge in [0, 0.05) is 31.5 Å². The Kier molecular flexibility index (Phi) is 6.31. The highest BCUT2D eigenvalue weighted by molar-refractivity contribution is 7.99. The largest absolute Gasteiger partial charge is 0.344 e. The van der Waals surface area contributed by atoms with Crippen LogP contribution in [0.1, 0.15) is 24.8 Å². The summed E-state index contributed by atoms with van der Waals surface area (Å²) < 4.78 is 0. The molecule has 0 aromatic heterocycles. The van der Waals surface area contributed by atoms with Crippen LogP contribution in [-0.4, -0.2) is 54.0 Å². The van der Waals surface area contributed by atoms with Crippen molar-refractivity contribution in [2.24, 2.45) is 0 Å². The van der Waals surface area contributed by atoms with Crippen molar-refractivity contribution in [1.82, 2.24) is 9.80 Å². The zero-order valence-electron chi connectivity index (χ0n) is 13.4. The number of carbonyl (C=O) groups is 2. The van der Waals surface area contributed by atoms with Gasteiger partial charge in [0.1, 0.15) is 0 Å². The van der Waals surface area contributed by atoms with Gasteiger partial charge < -0.3 is 9.80 Å². The second-order valence-electron chi connectivity index (χ2n) is 5.75. The number of thioether (sulfide) groups is 1. The molecule has 0 unspecified atom stereocenters. The molecule has 4 nitrogen and oxygen atoms in total. The average Bonchev–Trinajstić information content (AvgIpc) is 2.90. The van der Waals surface area contributed by atoms with Gasteiger partial charge >= 0.3 is 0 Å². The first-order chi connectivity index (χ1) is 10.6. The third-order valence-electron chi connectivity index (χ3n) is 3.85. The van der Waals surface area contributed by atoms with Crippen LogP contribution in [0.15, 0.2) is 29.2 Å². The standard InChI is InChI=1S/C17H24N2O2S/c1-14-6-8-15(9-7-14)22-12-4-10-18(2)17(21)13-19-11-3-5-16(19)20/h6-9H,3-5,10-13H2,1-2H3. The van der Waals surface area contributed by atoms with Crippen molar-refractivity contribution in [3.05, 3.63) is 29.8 Å². The van der Waals surface area contributed by atoms with Crippen LogP contribution in [0.2, 0.25) is 0 Å². The summed E-state index contributed by atoms with van der Waals surface area (Å²) in [7, 11) is 1.82. The van der Waals surface area contributed by atoms with E-state index >= 15 is 0 Å². The van der Waals surface area contributed by atoms with Gasteiger partial charge in [0.05, 0.1) is 6.54 Å². The van der Waals surface area contributed by atoms with E-state index in [1.807, 2.05) is 18.8 Å². The van der Waals surface area contributed by atoms with E-state index in [2.05, 4.69) is 31.2 Å². The molecule has 120 valence electrons. The fourth-order valence-electron chi connectivity index (χ4n) is 2.41. The molecular weight excluding hydrogens is 296 g/mol. The quantitative estimate of drug-likeness (QED) is 0.573. The first-order valence-electron chi connectivity index (χ1n) is 7.77. The first-order valence-corrected chi connectivity index (χ1v) is 8.76. The zero-order chi connectivity index (χ0) is 15.9. The van der Waals surface area contributed by atoms with E-state index in [1.54, 1.807) is 9.80 Å². The molecule has 0 atom stereocenters. The minimum Gasteiger partial charge on any atom is -0.344 e. The van der Waals surface area contributed by atoms with Gasteiger partial charge in [0.2, 0.25) is 11.8 Å². The molecule has 1 aliphatic rings. The van der Waals surface area contributed by atoms with Crippen LogP contribution in [0.3, 0.4) is 0 Å². The summed E-state index contributed by atoms with van der Waals surface area (Å²) >= 11 is 1.81. The topological polar surface area (TPSA) is 40.6 Å². The Balaban J connectivity index is 1.64. The maximum absolute atomic E-state index is 12.1. The number of aryl methyl sites for hydroxylation is 1. The van der Waals surface area contributed by atoms with E-state index in [0.29, 0.717) is 6.42 Å². The Bertz CT molecular complexity index is 516. The molecule has 1 aromatic rings. The minimum atomic E-state index is 0.0376. The molecule has 22 heavy (non-hydrogen) atoms. The summed E-state index contributed by atoms with van der Waals surface area (Å²) in [6, 6.07) is 8.50.